The molecule has 0 atom stereocenters. The first-order valence-electron chi connectivity index (χ1n) is 9.22. The van der Waals surface area contributed by atoms with Gasteiger partial charge in [-0.3, -0.25) is 0 Å². The average Bonchev–Trinajstić information content (AvgIpc) is 3.30. The van der Waals surface area contributed by atoms with Crippen molar-refractivity contribution in [3.63, 3.8) is 0 Å². The van der Waals surface area contributed by atoms with E-state index in [0.29, 0.717) is 0 Å². The molecule has 0 unspecified atom stereocenters. The van der Waals surface area contributed by atoms with Gasteiger partial charge in [-0.2, -0.15) is 31.6 Å². The lowest BCUT2D eigenvalue weighted by atomic mass is 10.1. The van der Waals surface area contributed by atoms with E-state index in [4.69, 9.17) is 5.26 Å². The van der Waals surface area contributed by atoms with E-state index < -0.39 is 29.0 Å². The molecule has 0 spiro atoms. The van der Waals surface area contributed by atoms with Gasteiger partial charge in [-0.25, -0.2) is 9.97 Å². The van der Waals surface area contributed by atoms with E-state index in [1.807, 2.05) is 26.8 Å². The molecule has 1 N–H and O–H groups in total. The summed E-state index contributed by atoms with van der Waals surface area (Å²) >= 11 is 0. The molecule has 0 aliphatic rings. The molecule has 5 nitrogen and oxygen atoms in total. The molecule has 4 rings (SSSR count). The van der Waals surface area contributed by atoms with Crippen LogP contribution >= 0.6 is 0 Å². The lowest BCUT2D eigenvalue weighted by Crippen LogP contribution is -2.21. The van der Waals surface area contributed by atoms with Crippen LogP contribution in [0.2, 0.25) is 0 Å². The van der Waals surface area contributed by atoms with Gasteiger partial charge < -0.3 is 9.55 Å². The lowest BCUT2D eigenvalue weighted by Gasteiger charge is -2.22. The normalized spacial score (nSPS) is 12.5. The molecule has 4 aromatic rings. The van der Waals surface area contributed by atoms with Crippen LogP contribution in [0.5, 0.6) is 0 Å². The van der Waals surface area contributed by atoms with Gasteiger partial charge in [0.2, 0.25) is 0 Å². The van der Waals surface area contributed by atoms with Crippen LogP contribution in [0.3, 0.4) is 0 Å². The fraction of sp³-hybridized carbons (Fsp3) is 0.286. The first kappa shape index (κ1) is 23.1. The smallest absolute Gasteiger partial charge is 0.346 e. The Kier molecular flexibility index (Phi) is 5.67. The summed E-state index contributed by atoms with van der Waals surface area (Å²) in [5.41, 5.74) is -1.50. The summed E-state index contributed by atoms with van der Waals surface area (Å²) in [6.07, 6.45) is -3.70. The topological polar surface area (TPSA) is 70.3 Å². The molecule has 0 radical (unpaired) electrons. The molecule has 0 bridgehead atoms. The van der Waals surface area contributed by atoms with Crippen molar-refractivity contribution in [3.05, 3.63) is 59.7 Å². The number of pyridine rings is 2. The molecule has 0 saturated carbocycles. The van der Waals surface area contributed by atoms with Crippen molar-refractivity contribution >= 4 is 22.1 Å². The molecule has 4 aromatic heterocycles. The van der Waals surface area contributed by atoms with Crippen LogP contribution in [0, 0.1) is 11.3 Å². The summed E-state index contributed by atoms with van der Waals surface area (Å²) in [5, 5.41) is 9.02. The lowest BCUT2D eigenvalue weighted by molar-refractivity contribution is -0.137. The van der Waals surface area contributed by atoms with Crippen LogP contribution in [0.4, 0.5) is 26.3 Å². The maximum Gasteiger partial charge on any atom is 0.417 e. The number of nitrogens with one attached hydrogen (secondary N) is 1. The zero-order valence-corrected chi connectivity index (χ0v) is 17.1. The van der Waals surface area contributed by atoms with Crippen molar-refractivity contribution in [2.24, 2.45) is 0 Å². The van der Waals surface area contributed by atoms with Crippen molar-refractivity contribution < 1.29 is 26.3 Å². The van der Waals surface area contributed by atoms with Gasteiger partial charge in [-0.1, -0.05) is 0 Å². The third-order valence-electron chi connectivity index (χ3n) is 4.60. The van der Waals surface area contributed by atoms with Crippen molar-refractivity contribution in [1.29, 1.82) is 5.26 Å². The number of halogens is 6. The predicted octanol–water partition coefficient (Wildman–Crippen LogP) is 6.26. The number of aromatic nitrogens is 4. The molecule has 0 aliphatic carbocycles. The van der Waals surface area contributed by atoms with E-state index in [-0.39, 0.29) is 27.6 Å². The minimum Gasteiger partial charge on any atom is -0.346 e. The highest BCUT2D eigenvalue weighted by Crippen LogP contribution is 2.37. The van der Waals surface area contributed by atoms with Crippen LogP contribution in [-0.2, 0) is 17.9 Å². The summed E-state index contributed by atoms with van der Waals surface area (Å²) in [7, 11) is 0. The van der Waals surface area contributed by atoms with Crippen LogP contribution in [0.1, 0.15) is 37.5 Å². The summed E-state index contributed by atoms with van der Waals surface area (Å²) in [6.45, 7) is 5.53. The second-order valence-electron chi connectivity index (χ2n) is 7.85. The Morgan fingerprint density at radius 1 is 0.906 bits per heavy atom. The van der Waals surface area contributed by atoms with Gasteiger partial charge in [-0.05, 0) is 39.0 Å². The highest BCUT2D eigenvalue weighted by molar-refractivity contribution is 5.87. The van der Waals surface area contributed by atoms with Crippen molar-refractivity contribution in [2.45, 2.75) is 38.7 Å². The minimum absolute atomic E-state index is 0.00894. The molecule has 168 valence electrons. The molecule has 0 amide bonds. The van der Waals surface area contributed by atoms with Crippen LogP contribution in [0.15, 0.2) is 43.0 Å². The summed E-state index contributed by atoms with van der Waals surface area (Å²) < 4.78 is 77.6. The number of nitriles is 1. The SMILES string of the molecule is CC(C)(C)n1cc(C#N)c2c(C(F)(F)F)ccnc21.FC(F)(F)c1ccnc2[nH]ccc12. The Hall–Kier alpha value is -3.55. The summed E-state index contributed by atoms with van der Waals surface area (Å²) in [5.74, 6) is 0. The third kappa shape index (κ3) is 4.39. The third-order valence-corrected chi connectivity index (χ3v) is 4.60. The van der Waals surface area contributed by atoms with Crippen molar-refractivity contribution in [1.82, 2.24) is 19.5 Å². The number of nitrogens with zero attached hydrogens (tertiary/aromatic N) is 4. The Bertz CT molecular complexity index is 1300. The van der Waals surface area contributed by atoms with Crippen molar-refractivity contribution in [2.75, 3.05) is 0 Å². The average molecular weight is 453 g/mol. The van der Waals surface area contributed by atoms with E-state index in [9.17, 15) is 26.3 Å². The molecule has 4 heterocycles. The number of H-pyrrole nitrogens is 1. The molecule has 0 fully saturated rings. The number of hydrogen-bond donors (Lipinski definition) is 1. The predicted molar refractivity (Wildman–Crippen MR) is 106 cm³/mol. The standard InChI is InChI=1S/C13H12F3N3.C8H5F3N2/c1-12(2,3)19-7-8(6-17)10-9(13(14,15)16)4-5-18-11(10)19;9-8(10,11)6-2-4-13-7-5(6)1-3-12-7/h4-5,7H,1-3H3;1-4H,(H,12,13). The van der Waals surface area contributed by atoms with Gasteiger partial charge >= 0.3 is 12.4 Å². The summed E-state index contributed by atoms with van der Waals surface area (Å²) in [6, 6.07) is 5.05. The molecule has 0 aromatic carbocycles. The van der Waals surface area contributed by atoms with Gasteiger partial charge in [0.15, 0.2) is 0 Å². The number of fused-ring (bicyclic) bond motifs is 2. The molecular weight excluding hydrogens is 436 g/mol. The quantitative estimate of drug-likeness (QED) is 0.319. The fourth-order valence-electron chi connectivity index (χ4n) is 3.19. The Balaban J connectivity index is 0.000000193. The highest BCUT2D eigenvalue weighted by atomic mass is 19.4. The Morgan fingerprint density at radius 2 is 1.50 bits per heavy atom. The van der Waals surface area contributed by atoms with Gasteiger partial charge in [-0.15, -0.1) is 0 Å². The molecular formula is C21H17F6N5. The van der Waals surface area contributed by atoms with E-state index in [1.54, 1.807) is 4.57 Å². The number of alkyl halides is 6. The number of aromatic amines is 1. The Morgan fingerprint density at radius 3 is 2.06 bits per heavy atom. The second kappa shape index (κ2) is 7.85. The van der Waals surface area contributed by atoms with Crippen LogP contribution < -0.4 is 0 Å². The van der Waals surface area contributed by atoms with Gasteiger partial charge in [0.05, 0.1) is 16.7 Å². The molecule has 0 saturated heterocycles. The molecule has 32 heavy (non-hydrogen) atoms. The Labute approximate surface area is 178 Å². The number of rotatable bonds is 0. The second-order valence-corrected chi connectivity index (χ2v) is 7.85. The maximum atomic E-state index is 13.0. The minimum atomic E-state index is -4.50. The first-order chi connectivity index (χ1) is 14.7. The first-order valence-corrected chi connectivity index (χ1v) is 9.22. The molecule has 11 heteroatoms. The van der Waals surface area contributed by atoms with Crippen molar-refractivity contribution in [3.8, 4) is 6.07 Å². The largest absolute Gasteiger partial charge is 0.417 e. The summed E-state index contributed by atoms with van der Waals surface area (Å²) in [4.78, 5) is 10.4. The molecule has 0 aliphatic heterocycles. The van der Waals surface area contributed by atoms with E-state index >= 15 is 0 Å². The maximum absolute atomic E-state index is 13.0. The van der Waals surface area contributed by atoms with Gasteiger partial charge in [0.1, 0.15) is 17.4 Å². The monoisotopic (exact) mass is 453 g/mol. The zero-order valence-electron chi connectivity index (χ0n) is 17.1. The van der Waals surface area contributed by atoms with Crippen LogP contribution in [0.25, 0.3) is 22.1 Å². The van der Waals surface area contributed by atoms with E-state index in [0.717, 1.165) is 24.5 Å². The van der Waals surface area contributed by atoms with Gasteiger partial charge in [0, 0.05) is 41.1 Å². The van der Waals surface area contributed by atoms with E-state index in [2.05, 4.69) is 15.0 Å². The van der Waals surface area contributed by atoms with E-state index in [1.165, 1.54) is 18.5 Å². The van der Waals surface area contributed by atoms with Gasteiger partial charge in [0.25, 0.3) is 0 Å². The zero-order chi connectivity index (χ0) is 23.9. The van der Waals surface area contributed by atoms with Crippen LogP contribution in [-0.4, -0.2) is 19.5 Å². The fourth-order valence-corrected chi connectivity index (χ4v) is 3.19. The number of hydrogen-bond acceptors (Lipinski definition) is 3. The highest BCUT2D eigenvalue weighted by Gasteiger charge is 2.35.